The van der Waals surface area contributed by atoms with Gasteiger partial charge < -0.3 is 20.1 Å². The molecule has 1 aliphatic heterocycles. The minimum absolute atomic E-state index is 0.0120. The molecule has 1 aliphatic carbocycles. The van der Waals surface area contributed by atoms with Crippen LogP contribution in [0.5, 0.6) is 5.75 Å². The molecule has 1 heterocycles. The van der Waals surface area contributed by atoms with Crippen LogP contribution < -0.4 is 15.4 Å². The second kappa shape index (κ2) is 8.37. The van der Waals surface area contributed by atoms with Crippen molar-refractivity contribution < 1.29 is 9.47 Å². The van der Waals surface area contributed by atoms with Crippen molar-refractivity contribution in [2.75, 3.05) is 24.6 Å². The zero-order valence-electron chi connectivity index (χ0n) is 18.1. The van der Waals surface area contributed by atoms with Crippen LogP contribution in [0.25, 0.3) is 11.1 Å². The van der Waals surface area contributed by atoms with Gasteiger partial charge in [0.2, 0.25) is 0 Å². The quantitative estimate of drug-likeness (QED) is 0.593. The third-order valence-electron chi connectivity index (χ3n) is 6.29. The molecule has 1 saturated heterocycles. The molecule has 1 saturated carbocycles. The Morgan fingerprint density at radius 2 is 1.84 bits per heavy atom. The zero-order chi connectivity index (χ0) is 21.3. The Bertz CT molecular complexity index is 1040. The van der Waals surface area contributed by atoms with Crippen LogP contribution in [0.3, 0.4) is 0 Å². The molecule has 0 radical (unpaired) electrons. The predicted molar refractivity (Wildman–Crippen MR) is 125 cm³/mol. The van der Waals surface area contributed by atoms with Crippen LogP contribution in [0.15, 0.2) is 72.8 Å². The van der Waals surface area contributed by atoms with E-state index in [1.54, 1.807) is 0 Å². The summed E-state index contributed by atoms with van der Waals surface area (Å²) >= 11 is 0. The fourth-order valence-electron chi connectivity index (χ4n) is 4.30. The first-order chi connectivity index (χ1) is 15.1. The van der Waals surface area contributed by atoms with E-state index in [2.05, 4.69) is 47.4 Å². The van der Waals surface area contributed by atoms with Crippen molar-refractivity contribution in [2.45, 2.75) is 38.0 Å². The van der Waals surface area contributed by atoms with Gasteiger partial charge in [0.15, 0.2) is 0 Å². The average Bonchev–Trinajstić information content (AvgIpc) is 3.56. The van der Waals surface area contributed by atoms with E-state index >= 15 is 0 Å². The summed E-state index contributed by atoms with van der Waals surface area (Å²) in [5, 5.41) is 0. The molecule has 0 amide bonds. The molecule has 31 heavy (non-hydrogen) atoms. The van der Waals surface area contributed by atoms with Gasteiger partial charge in [0.1, 0.15) is 12.4 Å². The molecule has 2 N–H and O–H groups in total. The first kappa shape index (κ1) is 20.1. The van der Waals surface area contributed by atoms with Gasteiger partial charge in [-0.3, -0.25) is 0 Å². The molecule has 2 fully saturated rings. The summed E-state index contributed by atoms with van der Waals surface area (Å²) in [5.41, 5.74) is 12.2. The monoisotopic (exact) mass is 414 g/mol. The molecule has 2 aliphatic rings. The van der Waals surface area contributed by atoms with E-state index in [1.165, 1.54) is 35.2 Å². The Hall–Kier alpha value is -2.82. The lowest BCUT2D eigenvalue weighted by molar-refractivity contribution is 0.0206. The van der Waals surface area contributed by atoms with Crippen molar-refractivity contribution in [1.82, 2.24) is 0 Å². The number of anilines is 1. The number of hydrogen-bond acceptors (Lipinski definition) is 4. The van der Waals surface area contributed by atoms with Gasteiger partial charge in [-0.05, 0) is 78.4 Å². The first-order valence-electron chi connectivity index (χ1n) is 11.2. The molecule has 5 rings (SSSR count). The third-order valence-corrected chi connectivity index (χ3v) is 6.29. The van der Waals surface area contributed by atoms with Gasteiger partial charge >= 0.3 is 0 Å². The van der Waals surface area contributed by atoms with Crippen molar-refractivity contribution in [2.24, 2.45) is 5.73 Å². The number of para-hydroxylation sites is 1. The van der Waals surface area contributed by atoms with Crippen LogP contribution in [-0.2, 0) is 11.3 Å². The Kier molecular flexibility index (Phi) is 5.43. The van der Waals surface area contributed by atoms with Crippen molar-refractivity contribution in [3.8, 4) is 16.9 Å². The van der Waals surface area contributed by atoms with E-state index in [0.29, 0.717) is 6.61 Å². The highest BCUT2D eigenvalue weighted by atomic mass is 16.5. The molecular weight excluding hydrogens is 384 g/mol. The van der Waals surface area contributed by atoms with Gasteiger partial charge in [-0.25, -0.2) is 0 Å². The molecule has 1 unspecified atom stereocenters. The van der Waals surface area contributed by atoms with Gasteiger partial charge in [0.05, 0.1) is 12.2 Å². The van der Waals surface area contributed by atoms with Gasteiger partial charge in [0, 0.05) is 24.8 Å². The van der Waals surface area contributed by atoms with Gasteiger partial charge in [-0.2, -0.15) is 0 Å². The van der Waals surface area contributed by atoms with Crippen molar-refractivity contribution in [3.05, 3.63) is 83.9 Å². The SMILES string of the molecule is CC(N)c1cccc(-c2cc(COc3ccccc3)cc(N3CCOC4(CC4)C3)c2)c1. The third kappa shape index (κ3) is 4.60. The average molecular weight is 415 g/mol. The first-order valence-corrected chi connectivity index (χ1v) is 11.2. The van der Waals surface area contributed by atoms with E-state index in [9.17, 15) is 0 Å². The van der Waals surface area contributed by atoms with Crippen molar-refractivity contribution >= 4 is 5.69 Å². The Labute approximate surface area is 184 Å². The highest BCUT2D eigenvalue weighted by molar-refractivity contribution is 5.71. The summed E-state index contributed by atoms with van der Waals surface area (Å²) in [5.74, 6) is 0.886. The molecule has 4 nitrogen and oxygen atoms in total. The molecule has 3 aromatic carbocycles. The predicted octanol–water partition coefficient (Wildman–Crippen LogP) is 5.32. The van der Waals surface area contributed by atoms with Crippen LogP contribution in [0.4, 0.5) is 5.69 Å². The van der Waals surface area contributed by atoms with Crippen molar-refractivity contribution in [3.63, 3.8) is 0 Å². The number of morpholine rings is 1. The second-order valence-corrected chi connectivity index (χ2v) is 8.86. The van der Waals surface area contributed by atoms with Gasteiger partial charge in [-0.15, -0.1) is 0 Å². The maximum atomic E-state index is 6.14. The van der Waals surface area contributed by atoms with Gasteiger partial charge in [0.25, 0.3) is 0 Å². The highest BCUT2D eigenvalue weighted by Gasteiger charge is 2.47. The number of benzene rings is 3. The largest absolute Gasteiger partial charge is 0.489 e. The summed E-state index contributed by atoms with van der Waals surface area (Å²) in [7, 11) is 0. The fraction of sp³-hybridized carbons (Fsp3) is 0.333. The molecule has 4 heteroatoms. The minimum Gasteiger partial charge on any atom is -0.489 e. The maximum Gasteiger partial charge on any atom is 0.119 e. The van der Waals surface area contributed by atoms with Crippen molar-refractivity contribution in [1.29, 1.82) is 0 Å². The van der Waals surface area contributed by atoms with Gasteiger partial charge in [-0.1, -0.05) is 36.4 Å². The number of nitrogens with zero attached hydrogens (tertiary/aromatic N) is 1. The highest BCUT2D eigenvalue weighted by Crippen LogP contribution is 2.43. The van der Waals surface area contributed by atoms with Crippen LogP contribution in [0.2, 0.25) is 0 Å². The lowest BCUT2D eigenvalue weighted by atomic mass is 9.98. The number of ether oxygens (including phenoxy) is 2. The van der Waals surface area contributed by atoms with Crippen LogP contribution in [0, 0.1) is 0 Å². The van der Waals surface area contributed by atoms with E-state index in [1.807, 2.05) is 37.3 Å². The molecule has 1 atom stereocenters. The van der Waals surface area contributed by atoms with Crippen LogP contribution in [-0.4, -0.2) is 25.3 Å². The number of nitrogens with two attached hydrogens (primary N) is 1. The smallest absolute Gasteiger partial charge is 0.119 e. The van der Waals surface area contributed by atoms with Crippen LogP contribution in [0.1, 0.15) is 36.9 Å². The lowest BCUT2D eigenvalue weighted by Gasteiger charge is -2.35. The molecule has 160 valence electrons. The van der Waals surface area contributed by atoms with Crippen LogP contribution >= 0.6 is 0 Å². The second-order valence-electron chi connectivity index (χ2n) is 8.86. The molecule has 1 spiro atoms. The Morgan fingerprint density at radius 1 is 1.00 bits per heavy atom. The molecule has 0 bridgehead atoms. The summed E-state index contributed by atoms with van der Waals surface area (Å²) in [6.45, 7) is 5.24. The number of hydrogen-bond donors (Lipinski definition) is 1. The summed E-state index contributed by atoms with van der Waals surface area (Å²) in [4.78, 5) is 2.47. The lowest BCUT2D eigenvalue weighted by Crippen LogP contribution is -2.44. The van der Waals surface area contributed by atoms with E-state index in [0.717, 1.165) is 31.0 Å². The van der Waals surface area contributed by atoms with E-state index in [-0.39, 0.29) is 11.6 Å². The minimum atomic E-state index is 0.0120. The summed E-state index contributed by atoms with van der Waals surface area (Å²) in [6, 6.07) is 25.4. The Balaban J connectivity index is 1.48. The topological polar surface area (TPSA) is 47.7 Å². The number of rotatable bonds is 6. The molecule has 3 aromatic rings. The summed E-state index contributed by atoms with van der Waals surface area (Å²) < 4.78 is 12.1. The fourth-order valence-corrected chi connectivity index (χ4v) is 4.30. The standard InChI is InChI=1S/C27H30N2O2/c1-20(28)22-6-5-7-23(16-22)24-14-21(18-30-26-8-3-2-4-9-26)15-25(17-24)29-12-13-31-27(19-29)10-11-27/h2-9,14-17,20H,10-13,18-19,28H2,1H3. The van der Waals surface area contributed by atoms with E-state index in [4.69, 9.17) is 15.2 Å². The Morgan fingerprint density at radius 3 is 2.61 bits per heavy atom. The molecular formula is C27H30N2O2. The zero-order valence-corrected chi connectivity index (χ0v) is 18.1. The normalized spacial score (nSPS) is 18.1. The van der Waals surface area contributed by atoms with E-state index < -0.39 is 0 Å². The molecule has 0 aromatic heterocycles. The summed E-state index contributed by atoms with van der Waals surface area (Å²) in [6.07, 6.45) is 2.34. The maximum absolute atomic E-state index is 6.14.